The van der Waals surface area contributed by atoms with Crippen LogP contribution in [-0.2, 0) is 4.79 Å². The number of rotatable bonds is 7. The fourth-order valence-electron chi connectivity index (χ4n) is 5.52. The van der Waals surface area contributed by atoms with Crippen LogP contribution in [-0.4, -0.2) is 28.8 Å². The van der Waals surface area contributed by atoms with Gasteiger partial charge in [-0.1, -0.05) is 84.5 Å². The van der Waals surface area contributed by atoms with E-state index >= 15 is 0 Å². The van der Waals surface area contributed by atoms with Crippen molar-refractivity contribution in [1.82, 2.24) is 9.80 Å². The van der Waals surface area contributed by atoms with Gasteiger partial charge in [-0.15, -0.1) is 6.58 Å². The lowest BCUT2D eigenvalue weighted by Gasteiger charge is -2.28. The van der Waals surface area contributed by atoms with Gasteiger partial charge in [0.1, 0.15) is 0 Å². The van der Waals surface area contributed by atoms with Crippen molar-refractivity contribution in [3.8, 4) is 0 Å². The highest BCUT2D eigenvalue weighted by Gasteiger charge is 2.32. The lowest BCUT2D eigenvalue weighted by Crippen LogP contribution is -2.28. The summed E-state index contributed by atoms with van der Waals surface area (Å²) >= 11 is 0. The van der Waals surface area contributed by atoms with Crippen molar-refractivity contribution in [2.75, 3.05) is 13.1 Å². The minimum Gasteiger partial charge on any atom is -0.368 e. The average Bonchev–Trinajstić information content (AvgIpc) is 3.39. The summed E-state index contributed by atoms with van der Waals surface area (Å²) in [5.74, 6) is 1.35. The molecule has 2 aliphatic heterocycles. The van der Waals surface area contributed by atoms with Crippen LogP contribution in [0.2, 0.25) is 0 Å². The monoisotopic (exact) mass is 484 g/mol. The van der Waals surface area contributed by atoms with E-state index in [1.54, 1.807) is 0 Å². The number of carbonyl (C=O) groups excluding carboxylic acids is 1. The van der Waals surface area contributed by atoms with Gasteiger partial charge < -0.3 is 9.80 Å². The van der Waals surface area contributed by atoms with Crippen molar-refractivity contribution >= 4 is 5.91 Å². The van der Waals surface area contributed by atoms with Crippen LogP contribution in [0.4, 0.5) is 0 Å². The van der Waals surface area contributed by atoms with Crippen LogP contribution in [0.25, 0.3) is 0 Å². The van der Waals surface area contributed by atoms with Crippen molar-refractivity contribution in [3.05, 3.63) is 108 Å². The first kappa shape index (κ1) is 27.5. The minimum absolute atomic E-state index is 0.175. The number of hydrogen-bond acceptors (Lipinski definition) is 2. The second kappa shape index (κ2) is 12.8. The maximum Gasteiger partial charge on any atom is 0.223 e. The van der Waals surface area contributed by atoms with Crippen LogP contribution in [0.15, 0.2) is 96.7 Å². The van der Waals surface area contributed by atoms with E-state index in [4.69, 9.17) is 0 Å². The molecule has 0 radical (unpaired) electrons. The molecule has 0 aliphatic carbocycles. The summed E-state index contributed by atoms with van der Waals surface area (Å²) in [6.07, 6.45) is 5.11. The molecule has 2 aromatic carbocycles. The molecular formula is C33H44N2O. The van der Waals surface area contributed by atoms with E-state index in [-0.39, 0.29) is 11.9 Å². The van der Waals surface area contributed by atoms with Crippen molar-refractivity contribution in [2.24, 2.45) is 11.8 Å². The third-order valence-electron chi connectivity index (χ3n) is 7.28. The van der Waals surface area contributed by atoms with Crippen LogP contribution in [0, 0.1) is 11.8 Å². The molecule has 2 heterocycles. The standard InChI is InChI=1S/C17H23N.C16H21NO/c1-13(2)10-16-11-14(3)18(12-16)15(4)17-8-6-5-7-9-17;1-12(2)9-14-10-16(18)17(11-14)13(3)15-7-5-4-6-8-15/h5-10,15-16H,3,11-12H2,1-2,4H3;4-8,13-14H,1,9-11H2,2-3H3/t15-,16-;13-,14-/m00/s1. The lowest BCUT2D eigenvalue weighted by molar-refractivity contribution is -0.129. The van der Waals surface area contributed by atoms with Gasteiger partial charge >= 0.3 is 0 Å². The number of nitrogens with zero attached hydrogens (tertiary/aromatic N) is 2. The van der Waals surface area contributed by atoms with Gasteiger partial charge in [-0.25, -0.2) is 0 Å². The number of likely N-dealkylation sites (tertiary alicyclic amines) is 2. The van der Waals surface area contributed by atoms with Gasteiger partial charge in [-0.05, 0) is 70.4 Å². The Morgan fingerprint density at radius 2 is 1.42 bits per heavy atom. The molecule has 1 amide bonds. The number of carbonyl (C=O) groups is 1. The Kier molecular flexibility index (Phi) is 9.75. The Bertz CT molecular complexity index is 1050. The smallest absolute Gasteiger partial charge is 0.223 e. The van der Waals surface area contributed by atoms with E-state index in [1.165, 1.54) is 28.0 Å². The molecule has 0 spiro atoms. The Balaban J connectivity index is 0.000000201. The maximum absolute atomic E-state index is 12.1. The number of benzene rings is 2. The second-order valence-electron chi connectivity index (χ2n) is 10.9. The molecule has 2 aliphatic rings. The summed E-state index contributed by atoms with van der Waals surface area (Å²) in [6.45, 7) is 20.9. The summed E-state index contributed by atoms with van der Waals surface area (Å²) in [4.78, 5) is 16.5. The van der Waals surface area contributed by atoms with Crippen LogP contribution in [0.3, 0.4) is 0 Å². The zero-order valence-corrected chi connectivity index (χ0v) is 22.9. The quantitative estimate of drug-likeness (QED) is 0.371. The average molecular weight is 485 g/mol. The van der Waals surface area contributed by atoms with E-state index in [1.807, 2.05) is 30.0 Å². The first-order valence-corrected chi connectivity index (χ1v) is 13.3. The highest BCUT2D eigenvalue weighted by atomic mass is 16.2. The zero-order valence-electron chi connectivity index (χ0n) is 22.9. The summed E-state index contributed by atoms with van der Waals surface area (Å²) < 4.78 is 0. The van der Waals surface area contributed by atoms with Crippen LogP contribution in [0.5, 0.6) is 0 Å². The zero-order chi connectivity index (χ0) is 26.2. The first-order chi connectivity index (χ1) is 17.2. The maximum atomic E-state index is 12.1. The predicted molar refractivity (Wildman–Crippen MR) is 152 cm³/mol. The molecule has 0 aromatic heterocycles. The van der Waals surface area contributed by atoms with Crippen LogP contribution in [0.1, 0.15) is 77.1 Å². The van der Waals surface area contributed by atoms with E-state index in [0.29, 0.717) is 24.3 Å². The predicted octanol–water partition coefficient (Wildman–Crippen LogP) is 8.11. The topological polar surface area (TPSA) is 23.6 Å². The van der Waals surface area contributed by atoms with Crippen molar-refractivity contribution < 1.29 is 4.79 Å². The largest absolute Gasteiger partial charge is 0.368 e. The van der Waals surface area contributed by atoms with Crippen molar-refractivity contribution in [1.29, 1.82) is 0 Å². The lowest BCUT2D eigenvalue weighted by atomic mass is 10.0. The Morgan fingerprint density at radius 1 is 0.889 bits per heavy atom. The van der Waals surface area contributed by atoms with E-state index < -0.39 is 0 Å². The molecule has 2 saturated heterocycles. The molecule has 3 nitrogen and oxygen atoms in total. The molecule has 0 N–H and O–H groups in total. The highest BCUT2D eigenvalue weighted by Crippen LogP contribution is 2.34. The molecule has 4 rings (SSSR count). The highest BCUT2D eigenvalue weighted by molar-refractivity contribution is 5.79. The molecule has 0 saturated carbocycles. The van der Waals surface area contributed by atoms with Crippen molar-refractivity contribution in [3.63, 3.8) is 0 Å². The summed E-state index contributed by atoms with van der Waals surface area (Å²) in [7, 11) is 0. The summed E-state index contributed by atoms with van der Waals surface area (Å²) in [5.41, 5.74) is 6.43. The number of amides is 1. The van der Waals surface area contributed by atoms with E-state index in [9.17, 15) is 4.79 Å². The minimum atomic E-state index is 0.175. The Morgan fingerprint density at radius 3 is 1.92 bits per heavy atom. The fraction of sp³-hybridized carbons (Fsp3) is 0.424. The number of allylic oxidation sites excluding steroid dienone is 3. The second-order valence-corrected chi connectivity index (χ2v) is 10.9. The fourth-order valence-corrected chi connectivity index (χ4v) is 5.52. The molecule has 0 unspecified atom stereocenters. The molecule has 2 fully saturated rings. The van der Waals surface area contributed by atoms with E-state index in [0.717, 1.165) is 25.9 Å². The number of hydrogen-bond donors (Lipinski definition) is 0. The SMILES string of the molecule is C=C(C)C[C@H]1CC(=O)N([C@@H](C)c2ccccc2)C1.C=C1C[C@H](C=C(C)C)CN1[C@@H](C)c1ccccc1. The third kappa shape index (κ3) is 7.46. The Hall–Kier alpha value is -3.07. The van der Waals surface area contributed by atoms with Crippen LogP contribution < -0.4 is 0 Å². The Labute approximate surface area is 219 Å². The van der Waals surface area contributed by atoms with Gasteiger partial charge in [0.15, 0.2) is 0 Å². The molecule has 4 atom stereocenters. The van der Waals surface area contributed by atoms with Gasteiger partial charge in [0.05, 0.1) is 12.1 Å². The third-order valence-corrected chi connectivity index (χ3v) is 7.28. The van der Waals surface area contributed by atoms with Gasteiger partial charge in [-0.2, -0.15) is 0 Å². The molecule has 2 aromatic rings. The summed E-state index contributed by atoms with van der Waals surface area (Å²) in [6, 6.07) is 21.5. The molecule has 0 bridgehead atoms. The van der Waals surface area contributed by atoms with Gasteiger partial charge in [-0.3, -0.25) is 4.79 Å². The van der Waals surface area contributed by atoms with E-state index in [2.05, 4.69) is 94.3 Å². The first-order valence-electron chi connectivity index (χ1n) is 13.3. The van der Waals surface area contributed by atoms with Gasteiger partial charge in [0.2, 0.25) is 5.91 Å². The molecule has 192 valence electrons. The van der Waals surface area contributed by atoms with Crippen LogP contribution >= 0.6 is 0 Å². The summed E-state index contributed by atoms with van der Waals surface area (Å²) in [5, 5.41) is 0. The molecule has 36 heavy (non-hydrogen) atoms. The van der Waals surface area contributed by atoms with Gasteiger partial charge in [0, 0.05) is 25.2 Å². The molecule has 3 heteroatoms. The molecular weight excluding hydrogens is 440 g/mol. The van der Waals surface area contributed by atoms with Crippen molar-refractivity contribution in [2.45, 2.75) is 66.0 Å². The van der Waals surface area contributed by atoms with Gasteiger partial charge in [0.25, 0.3) is 0 Å². The normalized spacial score (nSPS) is 21.0.